The van der Waals surface area contributed by atoms with Gasteiger partial charge in [0, 0.05) is 11.6 Å². The lowest BCUT2D eigenvalue weighted by Gasteiger charge is -2.02. The molecule has 2 nitrogen and oxygen atoms in total. The summed E-state index contributed by atoms with van der Waals surface area (Å²) >= 11 is 1.51. The van der Waals surface area contributed by atoms with Crippen molar-refractivity contribution in [3.63, 3.8) is 0 Å². The normalized spacial score (nSPS) is 13.4. The molecule has 0 aliphatic rings. The Morgan fingerprint density at radius 1 is 1.80 bits per heavy atom. The lowest BCUT2D eigenvalue weighted by Crippen LogP contribution is -1.94. The van der Waals surface area contributed by atoms with Crippen molar-refractivity contribution in [3.8, 4) is 0 Å². The first-order valence-electron chi connectivity index (χ1n) is 3.42. The van der Waals surface area contributed by atoms with E-state index in [0.717, 1.165) is 17.8 Å². The minimum Gasteiger partial charge on any atom is -0.386 e. The number of rotatable bonds is 3. The van der Waals surface area contributed by atoms with E-state index < -0.39 is 0 Å². The van der Waals surface area contributed by atoms with Crippen molar-refractivity contribution < 1.29 is 5.11 Å². The fourth-order valence-corrected chi connectivity index (χ4v) is 1.45. The monoisotopic (exact) mass is 157 g/mol. The van der Waals surface area contributed by atoms with Crippen LogP contribution < -0.4 is 0 Å². The zero-order valence-electron chi connectivity index (χ0n) is 5.95. The predicted molar refractivity (Wildman–Crippen MR) is 42.0 cm³/mol. The first-order valence-corrected chi connectivity index (χ1v) is 4.30. The molecule has 0 aliphatic carbocycles. The van der Waals surface area contributed by atoms with Gasteiger partial charge in [0.1, 0.15) is 11.1 Å². The smallest absolute Gasteiger partial charge is 0.121 e. The molecule has 1 rings (SSSR count). The number of nitrogens with zero attached hydrogens (tertiary/aromatic N) is 1. The van der Waals surface area contributed by atoms with Crippen molar-refractivity contribution in [3.05, 3.63) is 16.6 Å². The minimum absolute atomic E-state index is 0.343. The van der Waals surface area contributed by atoms with E-state index in [0.29, 0.717) is 0 Å². The summed E-state index contributed by atoms with van der Waals surface area (Å²) in [6.07, 6.45) is 3.19. The topological polar surface area (TPSA) is 33.1 Å². The second-order valence-electron chi connectivity index (χ2n) is 2.17. The Labute approximate surface area is 64.5 Å². The molecule has 0 radical (unpaired) electrons. The van der Waals surface area contributed by atoms with Gasteiger partial charge in [0.05, 0.1) is 0 Å². The average Bonchev–Trinajstić information content (AvgIpc) is 2.38. The number of thiazole rings is 1. The maximum Gasteiger partial charge on any atom is 0.121 e. The van der Waals surface area contributed by atoms with Gasteiger partial charge in [-0.2, -0.15) is 0 Å². The van der Waals surface area contributed by atoms with Crippen molar-refractivity contribution in [2.75, 3.05) is 0 Å². The summed E-state index contributed by atoms with van der Waals surface area (Å²) in [6.45, 7) is 2.05. The average molecular weight is 157 g/mol. The Kier molecular flexibility index (Phi) is 2.83. The summed E-state index contributed by atoms with van der Waals surface area (Å²) in [5.74, 6) is 0. The van der Waals surface area contributed by atoms with Crippen LogP contribution in [0, 0.1) is 0 Å². The number of aliphatic hydroxyl groups excluding tert-OH is 1. The van der Waals surface area contributed by atoms with Gasteiger partial charge in [0.2, 0.25) is 0 Å². The Hall–Kier alpha value is -0.410. The van der Waals surface area contributed by atoms with E-state index in [-0.39, 0.29) is 6.10 Å². The fourth-order valence-electron chi connectivity index (χ4n) is 0.796. The molecule has 0 amide bonds. The van der Waals surface area contributed by atoms with Crippen molar-refractivity contribution in [1.82, 2.24) is 4.98 Å². The van der Waals surface area contributed by atoms with Crippen LogP contribution in [-0.2, 0) is 0 Å². The molecule has 1 aromatic heterocycles. The first-order chi connectivity index (χ1) is 4.84. The van der Waals surface area contributed by atoms with Gasteiger partial charge in [-0.05, 0) is 6.42 Å². The van der Waals surface area contributed by atoms with E-state index in [1.807, 2.05) is 5.38 Å². The zero-order chi connectivity index (χ0) is 7.40. The highest BCUT2D eigenvalue weighted by Gasteiger charge is 2.07. The highest BCUT2D eigenvalue weighted by atomic mass is 32.1. The summed E-state index contributed by atoms with van der Waals surface area (Å²) in [6, 6.07) is 0. The van der Waals surface area contributed by atoms with Crippen LogP contribution in [0.3, 0.4) is 0 Å². The summed E-state index contributed by atoms with van der Waals surface area (Å²) in [5, 5.41) is 12.1. The molecule has 0 aromatic carbocycles. The molecule has 3 heteroatoms. The molecule has 0 saturated heterocycles. The third-order valence-corrected chi connectivity index (χ3v) is 2.18. The molecule has 0 fully saturated rings. The van der Waals surface area contributed by atoms with Crippen molar-refractivity contribution in [2.24, 2.45) is 0 Å². The first kappa shape index (κ1) is 7.69. The van der Waals surface area contributed by atoms with Crippen molar-refractivity contribution >= 4 is 11.3 Å². The highest BCUT2D eigenvalue weighted by Crippen LogP contribution is 2.19. The summed E-state index contributed by atoms with van der Waals surface area (Å²) in [5.41, 5.74) is 0. The molecule has 0 unspecified atom stereocenters. The van der Waals surface area contributed by atoms with E-state index in [1.165, 1.54) is 11.3 Å². The van der Waals surface area contributed by atoms with Crippen LogP contribution in [0.2, 0.25) is 0 Å². The van der Waals surface area contributed by atoms with Gasteiger partial charge in [-0.25, -0.2) is 4.98 Å². The number of aromatic nitrogens is 1. The SMILES string of the molecule is CCC[C@@H](O)c1nccs1. The number of hydrogen-bond donors (Lipinski definition) is 1. The quantitative estimate of drug-likeness (QED) is 0.727. The summed E-state index contributed by atoms with van der Waals surface area (Å²) < 4.78 is 0. The molecule has 1 atom stereocenters. The maximum absolute atomic E-state index is 9.36. The van der Waals surface area contributed by atoms with Crippen LogP contribution in [0.25, 0.3) is 0 Å². The standard InChI is InChI=1S/C7H11NOS/c1-2-3-6(9)7-8-4-5-10-7/h4-6,9H,2-3H2,1H3/t6-/m1/s1. The highest BCUT2D eigenvalue weighted by molar-refractivity contribution is 7.09. The third-order valence-electron chi connectivity index (χ3n) is 1.30. The van der Waals surface area contributed by atoms with E-state index in [2.05, 4.69) is 11.9 Å². The third kappa shape index (κ3) is 1.78. The van der Waals surface area contributed by atoms with Crippen LogP contribution in [0.1, 0.15) is 30.9 Å². The van der Waals surface area contributed by atoms with Gasteiger partial charge in [0.25, 0.3) is 0 Å². The van der Waals surface area contributed by atoms with E-state index >= 15 is 0 Å². The molecule has 0 aliphatic heterocycles. The maximum atomic E-state index is 9.36. The van der Waals surface area contributed by atoms with Gasteiger partial charge < -0.3 is 5.11 Å². The van der Waals surface area contributed by atoms with E-state index in [4.69, 9.17) is 0 Å². The Morgan fingerprint density at radius 3 is 3.10 bits per heavy atom. The molecule has 1 heterocycles. The Balaban J connectivity index is 2.50. The molecule has 1 N–H and O–H groups in total. The van der Waals surface area contributed by atoms with Gasteiger partial charge in [-0.1, -0.05) is 13.3 Å². The van der Waals surface area contributed by atoms with Gasteiger partial charge in [-0.3, -0.25) is 0 Å². The van der Waals surface area contributed by atoms with Crippen LogP contribution in [0.15, 0.2) is 11.6 Å². The second-order valence-corrected chi connectivity index (χ2v) is 3.10. The molecular formula is C7H11NOS. The Morgan fingerprint density at radius 2 is 2.60 bits per heavy atom. The molecule has 1 aromatic rings. The number of hydrogen-bond acceptors (Lipinski definition) is 3. The van der Waals surface area contributed by atoms with Crippen LogP contribution in [-0.4, -0.2) is 10.1 Å². The predicted octanol–water partition coefficient (Wildman–Crippen LogP) is 1.98. The molecule has 56 valence electrons. The van der Waals surface area contributed by atoms with Crippen LogP contribution in [0.4, 0.5) is 0 Å². The lowest BCUT2D eigenvalue weighted by atomic mass is 10.2. The zero-order valence-corrected chi connectivity index (χ0v) is 6.77. The lowest BCUT2D eigenvalue weighted by molar-refractivity contribution is 0.166. The van der Waals surface area contributed by atoms with Gasteiger partial charge in [0.15, 0.2) is 0 Å². The Bertz CT molecular complexity index is 174. The molecule has 0 spiro atoms. The number of aliphatic hydroxyl groups is 1. The molecule has 10 heavy (non-hydrogen) atoms. The van der Waals surface area contributed by atoms with Crippen molar-refractivity contribution in [1.29, 1.82) is 0 Å². The van der Waals surface area contributed by atoms with Crippen LogP contribution in [0.5, 0.6) is 0 Å². The van der Waals surface area contributed by atoms with Crippen LogP contribution >= 0.6 is 11.3 Å². The molecular weight excluding hydrogens is 146 g/mol. The second kappa shape index (κ2) is 3.68. The molecule has 0 saturated carbocycles. The summed E-state index contributed by atoms with van der Waals surface area (Å²) in [7, 11) is 0. The molecule has 0 bridgehead atoms. The minimum atomic E-state index is -0.343. The van der Waals surface area contributed by atoms with E-state index in [9.17, 15) is 5.11 Å². The fraction of sp³-hybridized carbons (Fsp3) is 0.571. The van der Waals surface area contributed by atoms with Gasteiger partial charge >= 0.3 is 0 Å². The largest absolute Gasteiger partial charge is 0.386 e. The van der Waals surface area contributed by atoms with Gasteiger partial charge in [-0.15, -0.1) is 11.3 Å². The van der Waals surface area contributed by atoms with Crippen molar-refractivity contribution in [2.45, 2.75) is 25.9 Å². The van der Waals surface area contributed by atoms with E-state index in [1.54, 1.807) is 6.20 Å². The summed E-state index contributed by atoms with van der Waals surface area (Å²) in [4.78, 5) is 4.00.